The van der Waals surface area contributed by atoms with Gasteiger partial charge in [0.25, 0.3) is 0 Å². The van der Waals surface area contributed by atoms with E-state index in [1.54, 1.807) is 6.08 Å². The summed E-state index contributed by atoms with van der Waals surface area (Å²) in [6.07, 6.45) is 5.76. The van der Waals surface area contributed by atoms with E-state index in [1.807, 2.05) is 37.3 Å². The van der Waals surface area contributed by atoms with Gasteiger partial charge in [-0.05, 0) is 58.8 Å². The van der Waals surface area contributed by atoms with Crippen molar-refractivity contribution in [1.29, 1.82) is 0 Å². The van der Waals surface area contributed by atoms with E-state index in [0.717, 1.165) is 77.6 Å². The Balaban J connectivity index is 1.56. The van der Waals surface area contributed by atoms with Crippen LogP contribution in [0.25, 0.3) is 94.5 Å². The number of nitrogens with zero attached hydrogens (tertiary/aromatic N) is 3. The molecule has 0 amide bonds. The molecule has 0 aliphatic heterocycles. The Morgan fingerprint density at radius 2 is 1.33 bits per heavy atom. The fourth-order valence-electron chi connectivity index (χ4n) is 6.91. The number of hydrogen-bond acceptors (Lipinski definition) is 3. The van der Waals surface area contributed by atoms with Crippen LogP contribution in [0.1, 0.15) is 18.3 Å². The van der Waals surface area contributed by atoms with Gasteiger partial charge in [0.15, 0.2) is 11.4 Å². The van der Waals surface area contributed by atoms with Crippen LogP contribution in [0, 0.1) is 0 Å². The van der Waals surface area contributed by atoms with Crippen LogP contribution < -0.4 is 0 Å². The summed E-state index contributed by atoms with van der Waals surface area (Å²) in [5.74, 6) is 0.744. The minimum absolute atomic E-state index is 0.738. The van der Waals surface area contributed by atoms with Crippen molar-refractivity contribution in [2.75, 3.05) is 0 Å². The van der Waals surface area contributed by atoms with Gasteiger partial charge < -0.3 is 4.42 Å². The molecule has 0 radical (unpaired) electrons. The van der Waals surface area contributed by atoms with Gasteiger partial charge in [0, 0.05) is 27.1 Å². The molecular weight excluding hydrogens is 550 g/mol. The van der Waals surface area contributed by atoms with E-state index >= 15 is 0 Å². The van der Waals surface area contributed by atoms with Crippen molar-refractivity contribution in [1.82, 2.24) is 14.5 Å². The van der Waals surface area contributed by atoms with E-state index in [9.17, 15) is 0 Å². The molecule has 9 rings (SSSR count). The summed E-state index contributed by atoms with van der Waals surface area (Å²) in [5, 5.41) is 9.16. The lowest BCUT2D eigenvalue weighted by Crippen LogP contribution is -2.06. The molecule has 0 spiro atoms. The molecule has 0 atom stereocenters. The Morgan fingerprint density at radius 3 is 2.09 bits per heavy atom. The maximum atomic E-state index is 6.94. The molecule has 45 heavy (non-hydrogen) atoms. The van der Waals surface area contributed by atoms with Crippen LogP contribution in [0.2, 0.25) is 0 Å². The summed E-state index contributed by atoms with van der Waals surface area (Å²) >= 11 is 0. The van der Waals surface area contributed by atoms with Crippen molar-refractivity contribution in [3.8, 4) is 17.1 Å². The molecule has 0 saturated carbocycles. The average Bonchev–Trinajstić information content (AvgIpc) is 3.64. The molecule has 212 valence electrons. The molecular formula is C41H27N3O. The fourth-order valence-corrected chi connectivity index (χ4v) is 6.91. The van der Waals surface area contributed by atoms with Crippen LogP contribution >= 0.6 is 0 Å². The lowest BCUT2D eigenvalue weighted by Gasteiger charge is -2.15. The molecule has 0 aliphatic rings. The summed E-state index contributed by atoms with van der Waals surface area (Å²) in [5.41, 5.74) is 6.99. The number of fused-ring (bicyclic) bond motifs is 11. The molecule has 4 heteroatoms. The maximum Gasteiger partial charge on any atom is 0.165 e. The van der Waals surface area contributed by atoms with Gasteiger partial charge in [-0.25, -0.2) is 9.97 Å². The quantitative estimate of drug-likeness (QED) is 0.209. The van der Waals surface area contributed by atoms with Gasteiger partial charge in [0.2, 0.25) is 0 Å². The molecule has 0 fully saturated rings. The summed E-state index contributed by atoms with van der Waals surface area (Å²) in [4.78, 5) is 10.5. The predicted molar refractivity (Wildman–Crippen MR) is 189 cm³/mol. The number of para-hydroxylation sites is 1. The Labute approximate surface area is 259 Å². The lowest BCUT2D eigenvalue weighted by atomic mass is 9.98. The minimum Gasteiger partial charge on any atom is -0.454 e. The van der Waals surface area contributed by atoms with Gasteiger partial charge in [0.05, 0.1) is 22.4 Å². The van der Waals surface area contributed by atoms with Crippen molar-refractivity contribution in [2.24, 2.45) is 0 Å². The van der Waals surface area contributed by atoms with E-state index < -0.39 is 0 Å². The van der Waals surface area contributed by atoms with Gasteiger partial charge in [0.1, 0.15) is 11.3 Å². The molecule has 0 bridgehead atoms. The van der Waals surface area contributed by atoms with E-state index in [-0.39, 0.29) is 0 Å². The lowest BCUT2D eigenvalue weighted by molar-refractivity contribution is 0.671. The van der Waals surface area contributed by atoms with Gasteiger partial charge in [-0.15, -0.1) is 0 Å². The third-order valence-corrected chi connectivity index (χ3v) is 8.82. The van der Waals surface area contributed by atoms with Crippen LogP contribution in [0.3, 0.4) is 0 Å². The van der Waals surface area contributed by atoms with E-state index in [0.29, 0.717) is 0 Å². The first-order chi connectivity index (χ1) is 22.2. The first-order valence-electron chi connectivity index (χ1n) is 15.2. The highest BCUT2D eigenvalue weighted by atomic mass is 16.3. The van der Waals surface area contributed by atoms with E-state index in [1.165, 1.54) is 16.2 Å². The highest BCUT2D eigenvalue weighted by Crippen LogP contribution is 2.46. The molecule has 3 aromatic heterocycles. The van der Waals surface area contributed by atoms with Gasteiger partial charge in [-0.1, -0.05) is 110 Å². The Hall–Kier alpha value is -6.00. The third kappa shape index (κ3) is 3.66. The van der Waals surface area contributed by atoms with Gasteiger partial charge in [-0.3, -0.25) is 4.57 Å². The molecule has 3 heterocycles. The van der Waals surface area contributed by atoms with Gasteiger partial charge in [-0.2, -0.15) is 0 Å². The highest BCUT2D eigenvalue weighted by Gasteiger charge is 2.26. The van der Waals surface area contributed by atoms with Crippen LogP contribution in [0.5, 0.6) is 0 Å². The average molecular weight is 578 g/mol. The number of rotatable bonds is 4. The largest absolute Gasteiger partial charge is 0.454 e. The molecule has 6 aromatic carbocycles. The van der Waals surface area contributed by atoms with Crippen LogP contribution in [-0.2, 0) is 0 Å². The number of benzene rings is 6. The van der Waals surface area contributed by atoms with Crippen molar-refractivity contribution >= 4 is 77.4 Å². The number of hydrogen-bond donors (Lipinski definition) is 0. The normalized spacial score (nSPS) is 12.1. The molecule has 0 N–H and O–H groups in total. The summed E-state index contributed by atoms with van der Waals surface area (Å²) in [7, 11) is 0. The van der Waals surface area contributed by atoms with Crippen molar-refractivity contribution in [3.63, 3.8) is 0 Å². The van der Waals surface area contributed by atoms with E-state index in [2.05, 4.69) is 108 Å². The Morgan fingerprint density at radius 1 is 0.667 bits per heavy atom. The Bertz CT molecular complexity index is 2670. The summed E-state index contributed by atoms with van der Waals surface area (Å²) in [6, 6.07) is 40.4. The zero-order valence-corrected chi connectivity index (χ0v) is 24.7. The van der Waals surface area contributed by atoms with Crippen molar-refractivity contribution < 1.29 is 4.42 Å². The van der Waals surface area contributed by atoms with Gasteiger partial charge >= 0.3 is 0 Å². The van der Waals surface area contributed by atoms with Crippen molar-refractivity contribution in [3.05, 3.63) is 139 Å². The predicted octanol–water partition coefficient (Wildman–Crippen LogP) is 11.1. The molecule has 0 unspecified atom stereocenters. The number of aromatic nitrogens is 3. The second kappa shape index (κ2) is 9.76. The second-order valence-corrected chi connectivity index (χ2v) is 11.4. The van der Waals surface area contributed by atoms with Crippen LogP contribution in [-0.4, -0.2) is 14.5 Å². The highest BCUT2D eigenvalue weighted by molar-refractivity contribution is 6.35. The zero-order valence-electron chi connectivity index (χ0n) is 24.7. The number of furan rings is 1. The maximum absolute atomic E-state index is 6.94. The van der Waals surface area contributed by atoms with E-state index in [4.69, 9.17) is 14.4 Å². The summed E-state index contributed by atoms with van der Waals surface area (Å²) in [6.45, 7) is 6.06. The molecule has 0 aliphatic carbocycles. The first-order valence-corrected chi connectivity index (χ1v) is 15.2. The molecule has 0 saturated heterocycles. The van der Waals surface area contributed by atoms with Crippen LogP contribution in [0.4, 0.5) is 0 Å². The number of allylic oxidation sites excluding steroid dienone is 1. The fraction of sp³-hybridized carbons (Fsp3) is 0.0244. The van der Waals surface area contributed by atoms with Crippen LogP contribution in [0.15, 0.2) is 132 Å². The SMILES string of the molecule is C=Cc1nc(-c2ccccc2)c(-n2c3ccccc3c3c4ccccc4c4c5cc6ccccc6cc5oc4c32)nc1/C=C\C. The topological polar surface area (TPSA) is 43.9 Å². The molecule has 9 aromatic rings. The minimum atomic E-state index is 0.738. The first kappa shape index (κ1) is 25.5. The standard InChI is InChI=1S/C41H27N3O/c1-3-14-33-32(4-2)42-38(25-15-6-5-7-16-25)41(43-33)44-34-22-13-12-21-30(34)36-28-19-10-11-20-29(28)37-31-23-26-17-8-9-18-27(26)24-35(31)45-40(37)39(36)44/h3-24H,2H2,1H3/b14-3-. The zero-order chi connectivity index (χ0) is 30.1. The smallest absolute Gasteiger partial charge is 0.165 e. The monoisotopic (exact) mass is 577 g/mol. The second-order valence-electron chi connectivity index (χ2n) is 11.4. The van der Waals surface area contributed by atoms with Crippen molar-refractivity contribution in [2.45, 2.75) is 6.92 Å². The molecule has 4 nitrogen and oxygen atoms in total. The Kier molecular flexibility index (Phi) is 5.53. The third-order valence-electron chi connectivity index (χ3n) is 8.82. The summed E-state index contributed by atoms with van der Waals surface area (Å²) < 4.78 is 9.20.